The van der Waals surface area contributed by atoms with E-state index in [1.54, 1.807) is 6.33 Å². The lowest BCUT2D eigenvalue weighted by Crippen LogP contribution is -2.26. The topological polar surface area (TPSA) is 71.4 Å². The van der Waals surface area contributed by atoms with Crippen LogP contribution in [0.2, 0.25) is 0 Å². The molecule has 6 nitrogen and oxygen atoms in total. The van der Waals surface area contributed by atoms with Crippen molar-refractivity contribution in [3.8, 4) is 0 Å². The van der Waals surface area contributed by atoms with Crippen molar-refractivity contribution >= 4 is 16.9 Å². The second-order valence-electron chi connectivity index (χ2n) is 5.72. The number of nitrogens with one attached hydrogen (secondary N) is 2. The second-order valence-corrected chi connectivity index (χ2v) is 5.72. The zero-order valence-electron chi connectivity index (χ0n) is 12.0. The fourth-order valence-corrected chi connectivity index (χ4v) is 2.98. The number of aromatic nitrogens is 5. The highest BCUT2D eigenvalue weighted by Crippen LogP contribution is 2.40. The van der Waals surface area contributed by atoms with Gasteiger partial charge in [-0.05, 0) is 24.8 Å². The molecule has 1 atom stereocenters. The fourth-order valence-electron chi connectivity index (χ4n) is 2.98. The predicted octanol–water partition coefficient (Wildman–Crippen LogP) is 2.64. The van der Waals surface area contributed by atoms with Crippen molar-refractivity contribution in [1.82, 2.24) is 24.7 Å². The van der Waals surface area contributed by atoms with Crippen LogP contribution in [0, 0.1) is 5.92 Å². The molecule has 0 spiro atoms. The second kappa shape index (κ2) is 4.87. The maximum absolute atomic E-state index is 4.42. The Morgan fingerprint density at radius 2 is 2.29 bits per heavy atom. The first kappa shape index (κ1) is 12.4. The molecule has 2 N–H and O–H groups in total. The SMILES string of the molecule is Cn1cc([C@@H](Nc2ncnc3[nH]ccc23)C2CCC2)cn1. The van der Waals surface area contributed by atoms with Gasteiger partial charge in [-0.25, -0.2) is 9.97 Å². The number of aromatic amines is 1. The van der Waals surface area contributed by atoms with E-state index in [1.165, 1.54) is 24.8 Å². The third kappa shape index (κ3) is 2.16. The molecule has 3 aromatic heterocycles. The molecule has 1 aliphatic carbocycles. The van der Waals surface area contributed by atoms with Gasteiger partial charge in [-0.2, -0.15) is 5.10 Å². The Balaban J connectivity index is 1.69. The van der Waals surface area contributed by atoms with Gasteiger partial charge in [0.2, 0.25) is 0 Å². The van der Waals surface area contributed by atoms with Crippen molar-refractivity contribution in [2.45, 2.75) is 25.3 Å². The van der Waals surface area contributed by atoms with Gasteiger partial charge in [0.15, 0.2) is 0 Å². The summed E-state index contributed by atoms with van der Waals surface area (Å²) in [5.74, 6) is 1.54. The zero-order valence-corrected chi connectivity index (χ0v) is 12.0. The molecule has 0 aliphatic heterocycles. The molecule has 1 fully saturated rings. The van der Waals surface area contributed by atoms with Crippen LogP contribution in [0.4, 0.5) is 5.82 Å². The maximum atomic E-state index is 4.42. The molecule has 0 aromatic carbocycles. The molecule has 21 heavy (non-hydrogen) atoms. The average Bonchev–Trinajstić information content (AvgIpc) is 3.04. The highest BCUT2D eigenvalue weighted by atomic mass is 15.2. The summed E-state index contributed by atoms with van der Waals surface area (Å²) in [6.45, 7) is 0. The summed E-state index contributed by atoms with van der Waals surface area (Å²) in [5, 5.41) is 8.96. The first-order chi connectivity index (χ1) is 10.3. The van der Waals surface area contributed by atoms with Crippen molar-refractivity contribution in [1.29, 1.82) is 0 Å². The summed E-state index contributed by atoms with van der Waals surface area (Å²) in [6, 6.07) is 2.28. The number of hydrogen-bond donors (Lipinski definition) is 2. The third-order valence-corrected chi connectivity index (χ3v) is 4.35. The molecule has 108 valence electrons. The van der Waals surface area contributed by atoms with Crippen molar-refractivity contribution in [2.75, 3.05) is 5.32 Å². The quantitative estimate of drug-likeness (QED) is 0.771. The minimum atomic E-state index is 0.264. The van der Waals surface area contributed by atoms with Gasteiger partial charge in [-0.1, -0.05) is 6.42 Å². The molecule has 0 unspecified atom stereocenters. The largest absolute Gasteiger partial charge is 0.362 e. The van der Waals surface area contributed by atoms with Crippen LogP contribution in [-0.2, 0) is 7.05 Å². The molecule has 6 heteroatoms. The van der Waals surface area contributed by atoms with Gasteiger partial charge in [-0.15, -0.1) is 0 Å². The molecular weight excluding hydrogens is 264 g/mol. The summed E-state index contributed by atoms with van der Waals surface area (Å²) < 4.78 is 1.86. The van der Waals surface area contributed by atoms with Crippen LogP contribution >= 0.6 is 0 Å². The number of H-pyrrole nitrogens is 1. The molecule has 3 aromatic rings. The minimum absolute atomic E-state index is 0.264. The van der Waals surface area contributed by atoms with Crippen LogP contribution in [0.25, 0.3) is 11.0 Å². The van der Waals surface area contributed by atoms with Gasteiger partial charge < -0.3 is 10.3 Å². The Labute approximate surface area is 122 Å². The van der Waals surface area contributed by atoms with Crippen LogP contribution < -0.4 is 5.32 Å². The van der Waals surface area contributed by atoms with Crippen molar-refractivity contribution in [3.63, 3.8) is 0 Å². The van der Waals surface area contributed by atoms with Gasteiger partial charge in [0, 0.05) is 25.0 Å². The first-order valence-corrected chi connectivity index (χ1v) is 7.34. The Hall–Kier alpha value is -2.37. The van der Waals surface area contributed by atoms with Crippen LogP contribution in [0.3, 0.4) is 0 Å². The van der Waals surface area contributed by atoms with Crippen molar-refractivity contribution in [3.05, 3.63) is 36.5 Å². The number of hydrogen-bond acceptors (Lipinski definition) is 4. The lowest BCUT2D eigenvalue weighted by Gasteiger charge is -2.34. The summed E-state index contributed by atoms with van der Waals surface area (Å²) in [7, 11) is 1.95. The van der Waals surface area contributed by atoms with E-state index in [2.05, 4.69) is 31.6 Å². The van der Waals surface area contributed by atoms with Gasteiger partial charge in [0.1, 0.15) is 17.8 Å². The molecule has 3 heterocycles. The van der Waals surface area contributed by atoms with Crippen LogP contribution in [-0.4, -0.2) is 24.7 Å². The normalized spacial score (nSPS) is 16.8. The lowest BCUT2D eigenvalue weighted by molar-refractivity contribution is 0.277. The molecule has 1 aliphatic rings. The summed E-state index contributed by atoms with van der Waals surface area (Å²) >= 11 is 0. The van der Waals surface area contributed by atoms with Gasteiger partial charge in [0.05, 0.1) is 17.6 Å². The molecule has 0 saturated heterocycles. The van der Waals surface area contributed by atoms with Crippen LogP contribution in [0.15, 0.2) is 31.0 Å². The van der Waals surface area contributed by atoms with E-state index in [9.17, 15) is 0 Å². The first-order valence-electron chi connectivity index (χ1n) is 7.34. The summed E-state index contributed by atoms with van der Waals surface area (Å²) in [4.78, 5) is 11.8. The van der Waals surface area contributed by atoms with Crippen molar-refractivity contribution in [2.24, 2.45) is 13.0 Å². The van der Waals surface area contributed by atoms with Gasteiger partial charge in [0.25, 0.3) is 0 Å². The molecular formula is C15H18N6. The number of rotatable bonds is 4. The number of aryl methyl sites for hydroxylation is 1. The lowest BCUT2D eigenvalue weighted by atomic mass is 9.78. The van der Waals surface area contributed by atoms with Gasteiger partial charge in [-0.3, -0.25) is 4.68 Å². The summed E-state index contributed by atoms with van der Waals surface area (Å²) in [5.41, 5.74) is 2.09. The van der Waals surface area contributed by atoms with Crippen LogP contribution in [0.5, 0.6) is 0 Å². The molecule has 0 radical (unpaired) electrons. The third-order valence-electron chi connectivity index (χ3n) is 4.35. The number of anilines is 1. The van der Waals surface area contributed by atoms with E-state index in [4.69, 9.17) is 0 Å². The van der Waals surface area contributed by atoms with Gasteiger partial charge >= 0.3 is 0 Å². The Morgan fingerprint density at radius 1 is 1.38 bits per heavy atom. The van der Waals surface area contributed by atoms with E-state index < -0.39 is 0 Å². The Morgan fingerprint density at radius 3 is 3.00 bits per heavy atom. The molecule has 4 rings (SSSR count). The maximum Gasteiger partial charge on any atom is 0.142 e. The molecule has 0 amide bonds. The molecule has 0 bridgehead atoms. The molecule has 1 saturated carbocycles. The van der Waals surface area contributed by atoms with E-state index in [1.807, 2.05) is 30.2 Å². The Bertz CT molecular complexity index is 754. The monoisotopic (exact) mass is 282 g/mol. The van der Waals surface area contributed by atoms with Crippen LogP contribution in [0.1, 0.15) is 30.9 Å². The standard InChI is InChI=1S/C15H18N6/c1-21-8-11(7-19-21)13(10-3-2-4-10)20-15-12-5-6-16-14(12)17-9-18-15/h5-10,13H,2-4H2,1H3,(H2,16,17,18,20)/t13-/m0/s1. The zero-order chi connectivity index (χ0) is 14.2. The smallest absolute Gasteiger partial charge is 0.142 e. The highest BCUT2D eigenvalue weighted by molar-refractivity contribution is 5.86. The van der Waals surface area contributed by atoms with E-state index >= 15 is 0 Å². The average molecular weight is 282 g/mol. The highest BCUT2D eigenvalue weighted by Gasteiger charge is 2.30. The number of nitrogens with zero attached hydrogens (tertiary/aromatic N) is 4. The Kier molecular flexibility index (Phi) is 2.87. The van der Waals surface area contributed by atoms with Crippen molar-refractivity contribution < 1.29 is 0 Å². The predicted molar refractivity (Wildman–Crippen MR) is 80.8 cm³/mol. The van der Waals surface area contributed by atoms with E-state index in [0.717, 1.165) is 16.9 Å². The van der Waals surface area contributed by atoms with E-state index in [0.29, 0.717) is 5.92 Å². The fraction of sp³-hybridized carbons (Fsp3) is 0.400. The van der Waals surface area contributed by atoms with E-state index in [-0.39, 0.29) is 6.04 Å². The number of fused-ring (bicyclic) bond motifs is 1. The minimum Gasteiger partial charge on any atom is -0.362 e. The summed E-state index contributed by atoms with van der Waals surface area (Å²) in [6.07, 6.45) is 11.4.